The van der Waals surface area contributed by atoms with Gasteiger partial charge < -0.3 is 24.8 Å². The Hall–Kier alpha value is -2.77. The van der Waals surface area contributed by atoms with Crippen molar-refractivity contribution in [1.29, 1.82) is 0 Å². The Morgan fingerprint density at radius 3 is 2.48 bits per heavy atom. The van der Waals surface area contributed by atoms with Gasteiger partial charge in [0.1, 0.15) is 18.0 Å². The molecule has 0 spiro atoms. The van der Waals surface area contributed by atoms with Crippen LogP contribution in [0.25, 0.3) is 0 Å². The number of amides is 2. The predicted molar refractivity (Wildman–Crippen MR) is 99.5 cm³/mol. The van der Waals surface area contributed by atoms with Gasteiger partial charge in [-0.05, 0) is 45.4 Å². The fraction of sp³-hybridized carbons (Fsp3) is 0.526. The van der Waals surface area contributed by atoms with E-state index in [0.29, 0.717) is 13.2 Å². The van der Waals surface area contributed by atoms with Gasteiger partial charge in [-0.3, -0.25) is 9.59 Å². The molecule has 0 radical (unpaired) electrons. The molecule has 8 heteroatoms. The van der Waals surface area contributed by atoms with Crippen molar-refractivity contribution < 1.29 is 28.6 Å². The van der Waals surface area contributed by atoms with Crippen LogP contribution in [0.5, 0.6) is 5.75 Å². The number of esters is 1. The fourth-order valence-corrected chi connectivity index (χ4v) is 1.91. The fourth-order valence-electron chi connectivity index (χ4n) is 1.91. The third-order valence-corrected chi connectivity index (χ3v) is 3.04. The van der Waals surface area contributed by atoms with E-state index >= 15 is 0 Å². The molecule has 0 fully saturated rings. The number of carbonyl (C=O) groups excluding carboxylic acids is 3. The van der Waals surface area contributed by atoms with Gasteiger partial charge in [0.25, 0.3) is 5.91 Å². The summed E-state index contributed by atoms with van der Waals surface area (Å²) in [6, 6.07) is 7.59. The summed E-state index contributed by atoms with van der Waals surface area (Å²) in [5.41, 5.74) is 0.482. The first-order valence-corrected chi connectivity index (χ1v) is 8.74. The summed E-state index contributed by atoms with van der Waals surface area (Å²) in [6.45, 7) is 7.48. The third-order valence-electron chi connectivity index (χ3n) is 3.04. The minimum Gasteiger partial charge on any atom is -0.492 e. The van der Waals surface area contributed by atoms with E-state index in [1.807, 2.05) is 31.2 Å². The molecule has 2 amide bonds. The number of hydrogen-bond donors (Lipinski definition) is 2. The van der Waals surface area contributed by atoms with Gasteiger partial charge in [-0.2, -0.15) is 0 Å². The summed E-state index contributed by atoms with van der Waals surface area (Å²) in [6.07, 6.45) is -0.662. The van der Waals surface area contributed by atoms with Crippen molar-refractivity contribution in [3.8, 4) is 5.75 Å². The molecule has 0 saturated heterocycles. The van der Waals surface area contributed by atoms with Gasteiger partial charge in [-0.25, -0.2) is 4.79 Å². The molecule has 150 valence electrons. The molecule has 0 aromatic heterocycles. The summed E-state index contributed by atoms with van der Waals surface area (Å²) in [7, 11) is 0. The highest BCUT2D eigenvalue weighted by Gasteiger charge is 2.16. The summed E-state index contributed by atoms with van der Waals surface area (Å²) < 4.78 is 15.4. The van der Waals surface area contributed by atoms with Gasteiger partial charge in [-0.1, -0.05) is 12.1 Å². The van der Waals surface area contributed by atoms with E-state index in [9.17, 15) is 14.4 Å². The molecular weight excluding hydrogens is 352 g/mol. The van der Waals surface area contributed by atoms with Crippen LogP contribution in [0.3, 0.4) is 0 Å². The summed E-state index contributed by atoms with van der Waals surface area (Å²) in [5, 5.41) is 5.03. The Morgan fingerprint density at radius 2 is 1.81 bits per heavy atom. The maximum atomic E-state index is 11.6. The summed E-state index contributed by atoms with van der Waals surface area (Å²) in [5.74, 6) is -0.276. The average molecular weight is 380 g/mol. The second-order valence-electron chi connectivity index (χ2n) is 6.85. The van der Waals surface area contributed by atoms with E-state index < -0.39 is 23.6 Å². The Labute approximate surface area is 159 Å². The molecule has 1 rings (SSSR count). The maximum Gasteiger partial charge on any atom is 0.407 e. The zero-order valence-corrected chi connectivity index (χ0v) is 16.3. The van der Waals surface area contributed by atoms with E-state index in [4.69, 9.17) is 14.2 Å². The van der Waals surface area contributed by atoms with Crippen LogP contribution in [0, 0.1) is 6.92 Å². The van der Waals surface area contributed by atoms with Gasteiger partial charge >= 0.3 is 12.1 Å². The summed E-state index contributed by atoms with van der Waals surface area (Å²) in [4.78, 5) is 34.6. The SMILES string of the molecule is Cc1cccc(OCCNC(=O)COC(=O)CCNC(=O)OC(C)(C)C)c1. The zero-order chi connectivity index (χ0) is 20.3. The number of carbonyl (C=O) groups is 3. The molecule has 0 saturated carbocycles. The molecule has 1 aromatic rings. The van der Waals surface area contributed by atoms with Crippen LogP contribution in [-0.4, -0.2) is 49.9 Å². The van der Waals surface area contributed by atoms with Gasteiger partial charge in [0.05, 0.1) is 13.0 Å². The number of aryl methyl sites for hydroxylation is 1. The van der Waals surface area contributed by atoms with Crippen LogP contribution in [0.1, 0.15) is 32.8 Å². The molecule has 0 atom stereocenters. The van der Waals surface area contributed by atoms with E-state index in [-0.39, 0.29) is 19.6 Å². The number of hydrogen-bond acceptors (Lipinski definition) is 6. The van der Waals surface area contributed by atoms with Gasteiger partial charge in [0, 0.05) is 6.54 Å². The monoisotopic (exact) mass is 380 g/mol. The Morgan fingerprint density at radius 1 is 1.07 bits per heavy atom. The van der Waals surface area contributed by atoms with Crippen molar-refractivity contribution in [2.24, 2.45) is 0 Å². The maximum absolute atomic E-state index is 11.6. The van der Waals surface area contributed by atoms with Crippen molar-refractivity contribution in [3.05, 3.63) is 29.8 Å². The lowest BCUT2D eigenvalue weighted by Gasteiger charge is -2.19. The van der Waals surface area contributed by atoms with E-state index in [2.05, 4.69) is 10.6 Å². The predicted octanol–water partition coefficient (Wildman–Crippen LogP) is 1.95. The molecule has 8 nitrogen and oxygen atoms in total. The van der Waals surface area contributed by atoms with Crippen molar-refractivity contribution in [3.63, 3.8) is 0 Å². The second-order valence-corrected chi connectivity index (χ2v) is 6.85. The van der Waals surface area contributed by atoms with Crippen molar-refractivity contribution >= 4 is 18.0 Å². The number of benzene rings is 1. The lowest BCUT2D eigenvalue weighted by atomic mass is 10.2. The minimum absolute atomic E-state index is 0.0526. The van der Waals surface area contributed by atoms with Crippen LogP contribution in [0.2, 0.25) is 0 Å². The van der Waals surface area contributed by atoms with Gasteiger partial charge in [-0.15, -0.1) is 0 Å². The second kappa shape index (κ2) is 11.1. The number of nitrogens with one attached hydrogen (secondary N) is 2. The van der Waals surface area contributed by atoms with Crippen LogP contribution in [0.4, 0.5) is 4.79 Å². The number of alkyl carbamates (subject to hydrolysis) is 1. The Bertz CT molecular complexity index is 639. The van der Waals surface area contributed by atoms with Crippen LogP contribution < -0.4 is 15.4 Å². The first-order chi connectivity index (χ1) is 12.7. The molecule has 0 aliphatic heterocycles. The molecule has 0 unspecified atom stereocenters. The van der Waals surface area contributed by atoms with E-state index in [0.717, 1.165) is 11.3 Å². The largest absolute Gasteiger partial charge is 0.492 e. The first-order valence-electron chi connectivity index (χ1n) is 8.74. The molecule has 1 aromatic carbocycles. The average Bonchev–Trinajstić information content (AvgIpc) is 2.55. The standard InChI is InChI=1S/C19H28N2O6/c1-14-6-5-7-15(12-14)25-11-10-20-16(22)13-26-17(23)8-9-21-18(24)27-19(2,3)4/h5-7,12H,8-11,13H2,1-4H3,(H,20,22)(H,21,24). The third kappa shape index (κ3) is 11.5. The van der Waals surface area contributed by atoms with Crippen molar-refractivity contribution in [2.75, 3.05) is 26.3 Å². The van der Waals surface area contributed by atoms with Crippen molar-refractivity contribution in [1.82, 2.24) is 10.6 Å². The first kappa shape index (κ1) is 22.3. The van der Waals surface area contributed by atoms with Crippen molar-refractivity contribution in [2.45, 2.75) is 39.7 Å². The quantitative estimate of drug-likeness (QED) is 0.501. The summed E-state index contributed by atoms with van der Waals surface area (Å²) >= 11 is 0. The molecule has 0 aliphatic rings. The normalized spacial score (nSPS) is 10.7. The minimum atomic E-state index is -0.610. The molecular formula is C19H28N2O6. The van der Waals surface area contributed by atoms with Crippen LogP contribution in [0.15, 0.2) is 24.3 Å². The molecule has 27 heavy (non-hydrogen) atoms. The smallest absolute Gasteiger partial charge is 0.407 e. The highest BCUT2D eigenvalue weighted by atomic mass is 16.6. The van der Waals surface area contributed by atoms with Gasteiger partial charge in [0.2, 0.25) is 0 Å². The molecule has 0 heterocycles. The lowest BCUT2D eigenvalue weighted by Crippen LogP contribution is -2.34. The molecule has 0 aliphatic carbocycles. The molecule has 2 N–H and O–H groups in total. The van der Waals surface area contributed by atoms with Crippen LogP contribution in [-0.2, 0) is 19.1 Å². The van der Waals surface area contributed by atoms with E-state index in [1.165, 1.54) is 0 Å². The van der Waals surface area contributed by atoms with E-state index in [1.54, 1.807) is 20.8 Å². The van der Waals surface area contributed by atoms with Gasteiger partial charge in [0.15, 0.2) is 6.61 Å². The Kier molecular flexibility index (Phi) is 9.12. The molecule has 0 bridgehead atoms. The van der Waals surface area contributed by atoms with Crippen LogP contribution >= 0.6 is 0 Å². The highest BCUT2D eigenvalue weighted by molar-refractivity contribution is 5.80. The lowest BCUT2D eigenvalue weighted by molar-refractivity contribution is -0.148. The Balaban J connectivity index is 2.08. The highest BCUT2D eigenvalue weighted by Crippen LogP contribution is 2.11. The number of rotatable bonds is 9. The zero-order valence-electron chi connectivity index (χ0n) is 16.3. The number of ether oxygens (including phenoxy) is 3. The topological polar surface area (TPSA) is 103 Å².